The van der Waals surface area contributed by atoms with Crippen LogP contribution in [0.2, 0.25) is 10.0 Å². The Balaban J connectivity index is 1.91. The fourth-order valence-electron chi connectivity index (χ4n) is 2.74. The molecule has 0 unspecified atom stereocenters. The first kappa shape index (κ1) is 22.0. The van der Waals surface area contributed by atoms with Crippen LogP contribution in [0.25, 0.3) is 6.08 Å². The van der Waals surface area contributed by atoms with Gasteiger partial charge in [-0.05, 0) is 53.2 Å². The summed E-state index contributed by atoms with van der Waals surface area (Å²) in [6, 6.07) is 7.63. The molecule has 10 heteroatoms. The molecule has 7 nitrogen and oxygen atoms in total. The average molecular weight is 468 g/mol. The number of carbonyl (C=O) groups excluding carboxylic acids is 3. The number of nitrogens with zero attached hydrogens (tertiary/aromatic N) is 1. The lowest BCUT2D eigenvalue weighted by molar-refractivity contribution is -0.123. The normalized spacial score (nSPS) is 15.1. The lowest BCUT2D eigenvalue weighted by Crippen LogP contribution is -2.27. The molecule has 1 saturated heterocycles. The number of hydrogen-bond acceptors (Lipinski definition) is 7. The molecule has 30 heavy (non-hydrogen) atoms. The molecule has 1 fully saturated rings. The molecule has 0 spiro atoms. The Bertz CT molecular complexity index is 1090. The van der Waals surface area contributed by atoms with E-state index in [1.807, 2.05) is 0 Å². The molecule has 1 heterocycles. The van der Waals surface area contributed by atoms with Crippen LogP contribution in [0.15, 0.2) is 35.2 Å². The van der Waals surface area contributed by atoms with Crippen molar-refractivity contribution in [2.75, 3.05) is 14.2 Å². The zero-order valence-corrected chi connectivity index (χ0v) is 18.1. The van der Waals surface area contributed by atoms with Crippen LogP contribution in [0, 0.1) is 0 Å². The van der Waals surface area contributed by atoms with Crippen molar-refractivity contribution < 1.29 is 29.0 Å². The summed E-state index contributed by atoms with van der Waals surface area (Å²) in [5.74, 6) is -1.62. The van der Waals surface area contributed by atoms with E-state index in [0.717, 1.165) is 16.7 Å². The van der Waals surface area contributed by atoms with E-state index in [4.69, 9.17) is 27.9 Å². The van der Waals surface area contributed by atoms with E-state index in [1.165, 1.54) is 32.4 Å². The third-order valence-corrected chi connectivity index (χ3v) is 5.86. The summed E-state index contributed by atoms with van der Waals surface area (Å²) < 4.78 is 9.73. The van der Waals surface area contributed by atoms with E-state index in [-0.39, 0.29) is 28.5 Å². The zero-order chi connectivity index (χ0) is 22.0. The number of amides is 2. The molecule has 2 aromatic carbocycles. The standard InChI is InChI=1S/C20H15Cl2NO6S/c1-28-15-7-11(5-12(17(15)24)19(26)29-2)8-16-18(25)23(20(27)30-16)9-10-3-4-13(21)14(22)6-10/h3-8,24H,9H2,1-2H3. The Morgan fingerprint density at radius 2 is 1.90 bits per heavy atom. The van der Waals surface area contributed by atoms with Gasteiger partial charge in [-0.3, -0.25) is 14.5 Å². The lowest BCUT2D eigenvalue weighted by atomic mass is 10.1. The molecular weight excluding hydrogens is 453 g/mol. The van der Waals surface area contributed by atoms with E-state index < -0.39 is 17.1 Å². The van der Waals surface area contributed by atoms with Crippen LogP contribution in [-0.4, -0.2) is 41.3 Å². The minimum absolute atomic E-state index is 0.0270. The maximum Gasteiger partial charge on any atom is 0.341 e. The SMILES string of the molecule is COC(=O)c1cc(C=C2SC(=O)N(Cc3ccc(Cl)c(Cl)c3)C2=O)cc(OC)c1O. The van der Waals surface area contributed by atoms with Crippen LogP contribution < -0.4 is 4.74 Å². The van der Waals surface area contributed by atoms with E-state index in [9.17, 15) is 19.5 Å². The molecule has 0 aromatic heterocycles. The Morgan fingerprint density at radius 3 is 2.53 bits per heavy atom. The summed E-state index contributed by atoms with van der Waals surface area (Å²) in [5, 5.41) is 10.4. The van der Waals surface area contributed by atoms with Crippen LogP contribution >= 0.6 is 35.0 Å². The van der Waals surface area contributed by atoms with E-state index >= 15 is 0 Å². The highest BCUT2D eigenvalue weighted by atomic mass is 35.5. The second-order valence-corrected chi connectivity index (χ2v) is 7.93. The van der Waals surface area contributed by atoms with Gasteiger partial charge in [-0.15, -0.1) is 0 Å². The average Bonchev–Trinajstić information content (AvgIpc) is 2.98. The van der Waals surface area contributed by atoms with Crippen molar-refractivity contribution in [1.82, 2.24) is 4.90 Å². The van der Waals surface area contributed by atoms with Crippen molar-refractivity contribution in [3.05, 3.63) is 62.0 Å². The summed E-state index contributed by atoms with van der Waals surface area (Å²) in [7, 11) is 2.50. The number of phenols is 1. The number of imide groups is 1. The minimum Gasteiger partial charge on any atom is -0.504 e. The third kappa shape index (κ3) is 4.40. The second kappa shape index (κ2) is 8.99. The van der Waals surface area contributed by atoms with Crippen molar-refractivity contribution in [1.29, 1.82) is 0 Å². The number of rotatable bonds is 5. The maximum atomic E-state index is 12.8. The van der Waals surface area contributed by atoms with E-state index in [2.05, 4.69) is 4.74 Å². The first-order chi connectivity index (χ1) is 14.2. The largest absolute Gasteiger partial charge is 0.504 e. The van der Waals surface area contributed by atoms with Crippen molar-refractivity contribution in [2.24, 2.45) is 0 Å². The summed E-state index contributed by atoms with van der Waals surface area (Å²) in [6.45, 7) is 0.0329. The molecule has 0 bridgehead atoms. The number of benzene rings is 2. The highest BCUT2D eigenvalue weighted by Gasteiger charge is 2.35. The van der Waals surface area contributed by atoms with E-state index in [1.54, 1.807) is 18.2 Å². The summed E-state index contributed by atoms with van der Waals surface area (Å²) in [4.78, 5) is 38.3. The van der Waals surface area contributed by atoms with E-state index in [0.29, 0.717) is 21.2 Å². The third-order valence-electron chi connectivity index (χ3n) is 4.22. The van der Waals surface area contributed by atoms with Crippen LogP contribution in [-0.2, 0) is 16.1 Å². The van der Waals surface area contributed by atoms with Gasteiger partial charge in [-0.1, -0.05) is 29.3 Å². The van der Waals surface area contributed by atoms with Crippen molar-refractivity contribution in [3.8, 4) is 11.5 Å². The molecule has 1 N–H and O–H groups in total. The molecule has 1 aliphatic heterocycles. The fourth-order valence-corrected chi connectivity index (χ4v) is 3.90. The van der Waals surface area contributed by atoms with Gasteiger partial charge in [-0.25, -0.2) is 4.79 Å². The number of ether oxygens (including phenoxy) is 2. The van der Waals surface area contributed by atoms with Gasteiger partial charge in [0.15, 0.2) is 11.5 Å². The first-order valence-corrected chi connectivity index (χ1v) is 10.0. The number of esters is 1. The molecule has 0 atom stereocenters. The Labute approximate surface area is 186 Å². The van der Waals surface area contributed by atoms with Gasteiger partial charge in [0.25, 0.3) is 11.1 Å². The lowest BCUT2D eigenvalue weighted by Gasteiger charge is -2.13. The number of carbonyl (C=O) groups is 3. The number of methoxy groups -OCH3 is 2. The Hall–Kier alpha value is -2.68. The molecule has 156 valence electrons. The highest BCUT2D eigenvalue weighted by Crippen LogP contribution is 2.37. The molecule has 0 aliphatic carbocycles. The van der Waals surface area contributed by atoms with Gasteiger partial charge in [0.2, 0.25) is 0 Å². The molecular formula is C20H15Cl2NO6S. The molecule has 3 rings (SSSR count). The molecule has 0 radical (unpaired) electrons. The second-order valence-electron chi connectivity index (χ2n) is 6.13. The summed E-state index contributed by atoms with van der Waals surface area (Å²) >= 11 is 12.7. The van der Waals surface area contributed by atoms with Crippen LogP contribution in [0.3, 0.4) is 0 Å². The number of thioether (sulfide) groups is 1. The van der Waals surface area contributed by atoms with Gasteiger partial charge in [0.05, 0.1) is 35.7 Å². The molecule has 1 aliphatic rings. The Morgan fingerprint density at radius 1 is 1.17 bits per heavy atom. The highest BCUT2D eigenvalue weighted by molar-refractivity contribution is 8.18. The van der Waals surface area contributed by atoms with Crippen molar-refractivity contribution in [2.45, 2.75) is 6.54 Å². The smallest absolute Gasteiger partial charge is 0.341 e. The predicted octanol–water partition coefficient (Wildman–Crippen LogP) is 4.73. The van der Waals surface area contributed by atoms with Gasteiger partial charge < -0.3 is 14.6 Å². The number of aromatic hydroxyl groups is 1. The Kier molecular flexibility index (Phi) is 6.60. The zero-order valence-electron chi connectivity index (χ0n) is 15.8. The summed E-state index contributed by atoms with van der Waals surface area (Å²) in [5.41, 5.74) is 0.899. The molecule has 2 aromatic rings. The number of phenolic OH excluding ortho intramolecular Hbond substituents is 1. The van der Waals surface area contributed by atoms with Gasteiger partial charge >= 0.3 is 5.97 Å². The maximum absolute atomic E-state index is 12.8. The first-order valence-electron chi connectivity index (χ1n) is 8.43. The summed E-state index contributed by atoms with van der Waals surface area (Å²) in [6.07, 6.45) is 1.44. The molecule has 2 amide bonds. The van der Waals surface area contributed by atoms with Gasteiger partial charge in [0, 0.05) is 0 Å². The topological polar surface area (TPSA) is 93.1 Å². The van der Waals surface area contributed by atoms with Crippen molar-refractivity contribution in [3.63, 3.8) is 0 Å². The number of hydrogen-bond donors (Lipinski definition) is 1. The van der Waals surface area contributed by atoms with Gasteiger partial charge in [-0.2, -0.15) is 0 Å². The van der Waals surface area contributed by atoms with Crippen LogP contribution in [0.5, 0.6) is 11.5 Å². The van der Waals surface area contributed by atoms with Crippen LogP contribution in [0.4, 0.5) is 4.79 Å². The minimum atomic E-state index is -0.770. The fraction of sp³-hybridized carbons (Fsp3) is 0.150. The molecule has 0 saturated carbocycles. The van der Waals surface area contributed by atoms with Crippen molar-refractivity contribution >= 4 is 58.2 Å². The van der Waals surface area contributed by atoms with Crippen LogP contribution in [0.1, 0.15) is 21.5 Å². The predicted molar refractivity (Wildman–Crippen MR) is 114 cm³/mol. The quantitative estimate of drug-likeness (QED) is 0.501. The van der Waals surface area contributed by atoms with Gasteiger partial charge in [0.1, 0.15) is 5.56 Å². The number of halogens is 2. The monoisotopic (exact) mass is 467 g/mol.